The van der Waals surface area contributed by atoms with Crippen LogP contribution in [0.3, 0.4) is 0 Å². The van der Waals surface area contributed by atoms with Gasteiger partial charge in [0.1, 0.15) is 5.75 Å². The summed E-state index contributed by atoms with van der Waals surface area (Å²) in [6.45, 7) is 1.79. The van der Waals surface area contributed by atoms with E-state index in [1.165, 1.54) is 11.1 Å². The molecule has 2 aliphatic carbocycles. The molecule has 0 radical (unpaired) electrons. The molecule has 0 bridgehead atoms. The molecule has 1 amide bonds. The van der Waals surface area contributed by atoms with Gasteiger partial charge in [0.25, 0.3) is 5.91 Å². The molecular formula is C16H22N2O2. The smallest absolute Gasteiger partial charge is 0.260 e. The average Bonchev–Trinajstić information content (AvgIpc) is 3.23. The lowest BCUT2D eigenvalue weighted by Gasteiger charge is -2.23. The second-order valence-corrected chi connectivity index (χ2v) is 5.90. The van der Waals surface area contributed by atoms with Gasteiger partial charge in [0, 0.05) is 12.1 Å². The second kappa shape index (κ2) is 5.44. The highest BCUT2D eigenvalue weighted by atomic mass is 16.5. The van der Waals surface area contributed by atoms with Crippen molar-refractivity contribution < 1.29 is 9.53 Å². The molecule has 1 saturated carbocycles. The molecule has 3 rings (SSSR count). The topological polar surface area (TPSA) is 64.3 Å². The molecule has 1 aromatic carbocycles. The minimum atomic E-state index is -0.464. The fraction of sp³-hybridized carbons (Fsp3) is 0.562. The first kappa shape index (κ1) is 13.4. The lowest BCUT2D eigenvalue weighted by molar-refractivity contribution is -0.127. The van der Waals surface area contributed by atoms with Crippen molar-refractivity contribution in [3.63, 3.8) is 0 Å². The molecular weight excluding hydrogens is 252 g/mol. The van der Waals surface area contributed by atoms with Crippen LogP contribution in [0.2, 0.25) is 0 Å². The van der Waals surface area contributed by atoms with Gasteiger partial charge in [0.15, 0.2) is 6.10 Å². The zero-order valence-electron chi connectivity index (χ0n) is 11.9. The maximum atomic E-state index is 11.9. The molecule has 2 aliphatic rings. The van der Waals surface area contributed by atoms with Gasteiger partial charge in [0.05, 0.1) is 0 Å². The molecule has 0 aromatic heterocycles. The third kappa shape index (κ3) is 2.96. The van der Waals surface area contributed by atoms with Crippen LogP contribution in [0, 0.1) is 0 Å². The van der Waals surface area contributed by atoms with E-state index in [0.29, 0.717) is 6.04 Å². The summed E-state index contributed by atoms with van der Waals surface area (Å²) in [7, 11) is 0. The van der Waals surface area contributed by atoms with Gasteiger partial charge in [-0.1, -0.05) is 6.07 Å². The van der Waals surface area contributed by atoms with Gasteiger partial charge in [-0.3, -0.25) is 4.79 Å². The number of carbonyl (C=O) groups excluding carboxylic acids is 1. The monoisotopic (exact) mass is 274 g/mol. The van der Waals surface area contributed by atoms with Crippen LogP contribution in [-0.4, -0.2) is 18.1 Å². The molecule has 4 nitrogen and oxygen atoms in total. The number of ether oxygens (including phenoxy) is 1. The van der Waals surface area contributed by atoms with Gasteiger partial charge in [-0.05, 0) is 62.3 Å². The number of nitrogens with one attached hydrogen (secondary N) is 1. The van der Waals surface area contributed by atoms with E-state index in [9.17, 15) is 4.79 Å². The fourth-order valence-electron chi connectivity index (χ4n) is 2.69. The quantitative estimate of drug-likeness (QED) is 0.883. The highest BCUT2D eigenvalue weighted by molar-refractivity contribution is 5.81. The first-order valence-corrected chi connectivity index (χ1v) is 7.49. The number of hydrogen-bond acceptors (Lipinski definition) is 3. The first-order chi connectivity index (χ1) is 9.63. The van der Waals surface area contributed by atoms with Crippen LogP contribution in [-0.2, 0) is 11.2 Å². The minimum Gasteiger partial charge on any atom is -0.481 e. The number of carbonyl (C=O) groups is 1. The molecule has 3 N–H and O–H groups in total. The summed E-state index contributed by atoms with van der Waals surface area (Å²) in [6, 6.07) is 6.48. The van der Waals surface area contributed by atoms with Crippen LogP contribution in [0.4, 0.5) is 0 Å². The summed E-state index contributed by atoms with van der Waals surface area (Å²) in [4.78, 5) is 11.9. The largest absolute Gasteiger partial charge is 0.481 e. The van der Waals surface area contributed by atoms with Crippen LogP contribution in [0.25, 0.3) is 0 Å². The molecule has 108 valence electrons. The number of rotatable bonds is 4. The summed E-state index contributed by atoms with van der Waals surface area (Å²) < 4.78 is 5.75. The standard InChI is InChI=1S/C16H22N2O2/c1-10(16(19)18-12-6-7-12)20-13-8-5-11-3-2-4-15(17)14(11)9-13/h5,8-10,12,15H,2-4,6-7,17H2,1H3,(H,18,19). The van der Waals surface area contributed by atoms with Gasteiger partial charge in [-0.25, -0.2) is 0 Å². The summed E-state index contributed by atoms with van der Waals surface area (Å²) in [5.41, 5.74) is 8.63. The van der Waals surface area contributed by atoms with E-state index in [1.807, 2.05) is 12.1 Å². The molecule has 1 fully saturated rings. The highest BCUT2D eigenvalue weighted by Crippen LogP contribution is 2.31. The Morgan fingerprint density at radius 2 is 2.20 bits per heavy atom. The maximum absolute atomic E-state index is 11.9. The molecule has 2 unspecified atom stereocenters. The Morgan fingerprint density at radius 1 is 1.40 bits per heavy atom. The summed E-state index contributed by atoms with van der Waals surface area (Å²) >= 11 is 0. The van der Waals surface area contributed by atoms with Gasteiger partial charge >= 0.3 is 0 Å². The number of aryl methyl sites for hydroxylation is 1. The van der Waals surface area contributed by atoms with Crippen molar-refractivity contribution in [2.45, 2.75) is 57.2 Å². The van der Waals surface area contributed by atoms with Crippen molar-refractivity contribution >= 4 is 5.91 Å². The van der Waals surface area contributed by atoms with Crippen molar-refractivity contribution in [2.75, 3.05) is 0 Å². The second-order valence-electron chi connectivity index (χ2n) is 5.90. The number of hydrogen-bond donors (Lipinski definition) is 2. The minimum absolute atomic E-state index is 0.0329. The summed E-state index contributed by atoms with van der Waals surface area (Å²) in [6.07, 6.45) is 4.97. The summed E-state index contributed by atoms with van der Waals surface area (Å²) in [5.74, 6) is 0.703. The zero-order valence-corrected chi connectivity index (χ0v) is 11.9. The van der Waals surface area contributed by atoms with Crippen molar-refractivity contribution in [1.82, 2.24) is 5.32 Å². The molecule has 0 spiro atoms. The molecule has 0 aliphatic heterocycles. The molecule has 4 heteroatoms. The van der Waals surface area contributed by atoms with E-state index in [2.05, 4.69) is 11.4 Å². The van der Waals surface area contributed by atoms with Gasteiger partial charge < -0.3 is 15.8 Å². The van der Waals surface area contributed by atoms with Gasteiger partial charge in [0.2, 0.25) is 0 Å². The molecule has 0 saturated heterocycles. The third-order valence-electron chi connectivity index (χ3n) is 4.08. The Morgan fingerprint density at radius 3 is 2.95 bits per heavy atom. The van der Waals surface area contributed by atoms with E-state index < -0.39 is 6.10 Å². The number of fused-ring (bicyclic) bond motifs is 1. The normalized spacial score (nSPS) is 22.8. The predicted octanol–water partition coefficient (Wildman–Crippen LogP) is 2.07. The maximum Gasteiger partial charge on any atom is 0.260 e. The first-order valence-electron chi connectivity index (χ1n) is 7.49. The van der Waals surface area contributed by atoms with Gasteiger partial charge in [-0.2, -0.15) is 0 Å². The molecule has 0 heterocycles. The van der Waals surface area contributed by atoms with Crippen molar-refractivity contribution in [1.29, 1.82) is 0 Å². The molecule has 2 atom stereocenters. The van der Waals surface area contributed by atoms with Gasteiger partial charge in [-0.15, -0.1) is 0 Å². The number of benzene rings is 1. The lowest BCUT2D eigenvalue weighted by atomic mass is 9.88. The Labute approximate surface area is 119 Å². The molecule has 20 heavy (non-hydrogen) atoms. The lowest BCUT2D eigenvalue weighted by Crippen LogP contribution is -2.37. The Hall–Kier alpha value is -1.55. The fourth-order valence-corrected chi connectivity index (χ4v) is 2.69. The number of nitrogens with two attached hydrogens (primary N) is 1. The zero-order chi connectivity index (χ0) is 14.1. The van der Waals surface area contributed by atoms with E-state index >= 15 is 0 Å². The van der Waals surface area contributed by atoms with Crippen molar-refractivity contribution in [3.8, 4) is 5.75 Å². The van der Waals surface area contributed by atoms with Crippen LogP contribution in [0.5, 0.6) is 5.75 Å². The Balaban J connectivity index is 1.67. The predicted molar refractivity (Wildman–Crippen MR) is 77.6 cm³/mol. The van der Waals surface area contributed by atoms with Crippen molar-refractivity contribution in [2.24, 2.45) is 5.73 Å². The SMILES string of the molecule is CC(Oc1ccc2c(c1)C(N)CCC2)C(=O)NC1CC1. The summed E-state index contributed by atoms with van der Waals surface area (Å²) in [5, 5.41) is 2.96. The van der Waals surface area contributed by atoms with E-state index in [0.717, 1.165) is 37.9 Å². The highest BCUT2D eigenvalue weighted by Gasteiger charge is 2.26. The average molecular weight is 274 g/mol. The van der Waals surface area contributed by atoms with Crippen LogP contribution in [0.1, 0.15) is 49.8 Å². The van der Waals surface area contributed by atoms with E-state index in [4.69, 9.17) is 10.5 Å². The Kier molecular flexibility index (Phi) is 3.66. The van der Waals surface area contributed by atoms with E-state index in [1.54, 1.807) is 6.92 Å². The molecule has 1 aromatic rings. The van der Waals surface area contributed by atoms with Crippen LogP contribution in [0.15, 0.2) is 18.2 Å². The van der Waals surface area contributed by atoms with E-state index in [-0.39, 0.29) is 11.9 Å². The number of amides is 1. The Bertz CT molecular complexity index is 511. The van der Waals surface area contributed by atoms with Crippen LogP contribution < -0.4 is 15.8 Å². The van der Waals surface area contributed by atoms with Crippen LogP contribution >= 0.6 is 0 Å². The van der Waals surface area contributed by atoms with Crippen molar-refractivity contribution in [3.05, 3.63) is 29.3 Å². The third-order valence-corrected chi connectivity index (χ3v) is 4.08.